The number of ether oxygens (including phenoxy) is 1. The van der Waals surface area contributed by atoms with Crippen molar-refractivity contribution in [2.75, 3.05) is 13.7 Å². The number of aromatic nitrogens is 1. The molecule has 0 aliphatic carbocycles. The van der Waals surface area contributed by atoms with Crippen LogP contribution in [-0.2, 0) is 5.60 Å². The maximum absolute atomic E-state index is 12.8. The fourth-order valence-corrected chi connectivity index (χ4v) is 3.52. The van der Waals surface area contributed by atoms with Crippen LogP contribution in [0.3, 0.4) is 0 Å². The zero-order valence-electron chi connectivity index (χ0n) is 13.8. The van der Waals surface area contributed by atoms with Gasteiger partial charge in [0.05, 0.1) is 18.2 Å². The van der Waals surface area contributed by atoms with Crippen LogP contribution in [-0.4, -0.2) is 40.6 Å². The number of carbonyl (C=O) groups is 1. The lowest BCUT2D eigenvalue weighted by atomic mass is 9.86. The number of methoxy groups -OCH3 is 1. The van der Waals surface area contributed by atoms with E-state index in [4.69, 9.17) is 16.3 Å². The van der Waals surface area contributed by atoms with Crippen molar-refractivity contribution in [3.63, 3.8) is 0 Å². The molecule has 0 spiro atoms. The second-order valence-corrected chi connectivity index (χ2v) is 6.70. The van der Waals surface area contributed by atoms with Gasteiger partial charge in [0.1, 0.15) is 17.0 Å². The molecule has 1 aromatic heterocycles. The van der Waals surface area contributed by atoms with Gasteiger partial charge in [-0.1, -0.05) is 23.7 Å². The molecule has 1 fully saturated rings. The van der Waals surface area contributed by atoms with E-state index in [9.17, 15) is 9.90 Å². The van der Waals surface area contributed by atoms with E-state index in [-0.39, 0.29) is 11.9 Å². The van der Waals surface area contributed by atoms with Crippen molar-refractivity contribution in [3.05, 3.63) is 52.8 Å². The highest BCUT2D eigenvalue weighted by molar-refractivity contribution is 6.30. The normalized spacial score (nSPS) is 20.0. The van der Waals surface area contributed by atoms with E-state index >= 15 is 0 Å². The number of amides is 1. The summed E-state index contributed by atoms with van der Waals surface area (Å²) < 4.78 is 5.16. The number of aromatic amines is 1. The monoisotopic (exact) mass is 348 g/mol. The summed E-state index contributed by atoms with van der Waals surface area (Å²) in [5, 5.41) is 11.6. The molecule has 0 radical (unpaired) electrons. The molecule has 3 rings (SSSR count). The first-order chi connectivity index (χ1) is 11.4. The number of likely N-dealkylation sites (tertiary alicyclic amines) is 1. The molecule has 1 amide bonds. The van der Waals surface area contributed by atoms with E-state index < -0.39 is 5.60 Å². The first-order valence-corrected chi connectivity index (χ1v) is 8.33. The smallest absolute Gasteiger partial charge is 0.270 e. The summed E-state index contributed by atoms with van der Waals surface area (Å²) >= 11 is 5.90. The zero-order chi connectivity index (χ0) is 17.3. The predicted octanol–water partition coefficient (Wildman–Crippen LogP) is 3.19. The summed E-state index contributed by atoms with van der Waals surface area (Å²) in [6, 6.07) is 8.63. The van der Waals surface area contributed by atoms with Crippen molar-refractivity contribution in [1.82, 2.24) is 9.88 Å². The predicted molar refractivity (Wildman–Crippen MR) is 92.4 cm³/mol. The molecular formula is C18H21ClN2O3. The Balaban J connectivity index is 1.86. The van der Waals surface area contributed by atoms with Crippen molar-refractivity contribution >= 4 is 17.5 Å². The maximum atomic E-state index is 12.8. The summed E-state index contributed by atoms with van der Waals surface area (Å²) in [5.74, 6) is 0.591. The highest BCUT2D eigenvalue weighted by Gasteiger charge is 2.43. The van der Waals surface area contributed by atoms with E-state index in [1.54, 1.807) is 31.2 Å². The Morgan fingerprint density at radius 1 is 1.42 bits per heavy atom. The highest BCUT2D eigenvalue weighted by atomic mass is 35.5. The molecule has 2 heterocycles. The minimum absolute atomic E-state index is 0.141. The standard InChI is InChI=1S/C18H21ClN2O3/c1-18(23,12-5-7-14(24-2)8-6-12)16-4-3-9-21(16)17(22)15-10-13(19)11-20-15/h5-8,10-11,16,20,23H,3-4,9H2,1-2H3. The molecule has 6 heteroatoms. The third-order valence-electron chi connectivity index (χ3n) is 4.72. The van der Waals surface area contributed by atoms with Crippen LogP contribution in [0.5, 0.6) is 5.75 Å². The first kappa shape index (κ1) is 16.9. The largest absolute Gasteiger partial charge is 0.497 e. The van der Waals surface area contributed by atoms with Gasteiger partial charge in [0, 0.05) is 12.7 Å². The van der Waals surface area contributed by atoms with Gasteiger partial charge in [-0.25, -0.2) is 0 Å². The molecular weight excluding hydrogens is 328 g/mol. The molecule has 128 valence electrons. The Labute approximate surface area is 146 Å². The third kappa shape index (κ3) is 3.01. The van der Waals surface area contributed by atoms with Crippen molar-refractivity contribution < 1.29 is 14.6 Å². The molecule has 0 saturated carbocycles. The number of halogens is 1. The van der Waals surface area contributed by atoms with Crippen LogP contribution in [0.4, 0.5) is 0 Å². The summed E-state index contributed by atoms with van der Waals surface area (Å²) in [6.07, 6.45) is 3.19. The Morgan fingerprint density at radius 3 is 2.71 bits per heavy atom. The molecule has 5 nitrogen and oxygen atoms in total. The van der Waals surface area contributed by atoms with E-state index in [1.807, 2.05) is 24.3 Å². The summed E-state index contributed by atoms with van der Waals surface area (Å²) in [6.45, 7) is 2.37. The Morgan fingerprint density at radius 2 is 2.12 bits per heavy atom. The van der Waals surface area contributed by atoms with Gasteiger partial charge in [0.15, 0.2) is 0 Å². The maximum Gasteiger partial charge on any atom is 0.270 e. The lowest BCUT2D eigenvalue weighted by molar-refractivity contribution is -0.0178. The molecule has 2 atom stereocenters. The van der Waals surface area contributed by atoms with E-state index in [0.717, 1.165) is 24.2 Å². The van der Waals surface area contributed by atoms with Crippen LogP contribution in [0.1, 0.15) is 35.8 Å². The van der Waals surface area contributed by atoms with E-state index in [0.29, 0.717) is 17.3 Å². The van der Waals surface area contributed by atoms with Gasteiger partial charge in [-0.15, -0.1) is 0 Å². The number of benzene rings is 1. The van der Waals surface area contributed by atoms with Crippen molar-refractivity contribution in [2.24, 2.45) is 0 Å². The van der Waals surface area contributed by atoms with Gasteiger partial charge < -0.3 is 19.7 Å². The molecule has 1 saturated heterocycles. The number of hydrogen-bond donors (Lipinski definition) is 2. The van der Waals surface area contributed by atoms with Gasteiger partial charge in [0.2, 0.25) is 0 Å². The van der Waals surface area contributed by atoms with Crippen LogP contribution in [0.2, 0.25) is 5.02 Å². The number of aliphatic hydroxyl groups is 1. The lowest BCUT2D eigenvalue weighted by Gasteiger charge is -2.36. The zero-order valence-corrected chi connectivity index (χ0v) is 14.5. The van der Waals surface area contributed by atoms with E-state index in [1.165, 1.54) is 0 Å². The van der Waals surface area contributed by atoms with E-state index in [2.05, 4.69) is 4.98 Å². The molecule has 2 unspecified atom stereocenters. The quantitative estimate of drug-likeness (QED) is 0.891. The SMILES string of the molecule is COc1ccc(C(C)(O)C2CCCN2C(=O)c2cc(Cl)c[nH]2)cc1. The fraction of sp³-hybridized carbons (Fsp3) is 0.389. The number of nitrogens with one attached hydrogen (secondary N) is 1. The Kier molecular flexibility index (Phi) is 4.56. The molecule has 2 N–H and O–H groups in total. The number of H-pyrrole nitrogens is 1. The van der Waals surface area contributed by atoms with Crippen LogP contribution in [0.25, 0.3) is 0 Å². The average Bonchev–Trinajstić information content (AvgIpc) is 3.23. The summed E-state index contributed by atoms with van der Waals surface area (Å²) in [7, 11) is 1.60. The Hall–Kier alpha value is -1.98. The number of nitrogens with zero attached hydrogens (tertiary/aromatic N) is 1. The average molecular weight is 349 g/mol. The first-order valence-electron chi connectivity index (χ1n) is 7.95. The van der Waals surface area contributed by atoms with Crippen molar-refractivity contribution in [3.8, 4) is 5.75 Å². The molecule has 1 aliphatic rings. The van der Waals surface area contributed by atoms with Gasteiger partial charge in [-0.2, -0.15) is 0 Å². The van der Waals surface area contributed by atoms with Gasteiger partial charge >= 0.3 is 0 Å². The lowest BCUT2D eigenvalue weighted by Crippen LogP contribution is -2.48. The fourth-order valence-electron chi connectivity index (χ4n) is 3.36. The minimum atomic E-state index is -1.14. The van der Waals surface area contributed by atoms with Crippen LogP contribution >= 0.6 is 11.6 Å². The van der Waals surface area contributed by atoms with Gasteiger partial charge in [-0.05, 0) is 43.5 Å². The third-order valence-corrected chi connectivity index (χ3v) is 4.93. The Bertz CT molecular complexity index is 724. The minimum Gasteiger partial charge on any atom is -0.497 e. The summed E-state index contributed by atoms with van der Waals surface area (Å²) in [5.41, 5.74) is 0.0596. The molecule has 1 aromatic carbocycles. The molecule has 0 bridgehead atoms. The number of rotatable bonds is 4. The topological polar surface area (TPSA) is 65.6 Å². The number of hydrogen-bond acceptors (Lipinski definition) is 3. The second kappa shape index (κ2) is 6.49. The molecule has 1 aliphatic heterocycles. The van der Waals surface area contributed by atoms with Crippen LogP contribution in [0.15, 0.2) is 36.5 Å². The summed E-state index contributed by atoms with van der Waals surface area (Å²) in [4.78, 5) is 17.4. The second-order valence-electron chi connectivity index (χ2n) is 6.26. The number of carbonyl (C=O) groups excluding carboxylic acids is 1. The van der Waals surface area contributed by atoms with Gasteiger partial charge in [-0.3, -0.25) is 4.79 Å². The van der Waals surface area contributed by atoms with Crippen LogP contribution in [0, 0.1) is 0 Å². The van der Waals surface area contributed by atoms with Crippen molar-refractivity contribution in [2.45, 2.75) is 31.4 Å². The molecule has 24 heavy (non-hydrogen) atoms. The van der Waals surface area contributed by atoms with Crippen LogP contribution < -0.4 is 4.74 Å². The van der Waals surface area contributed by atoms with Gasteiger partial charge in [0.25, 0.3) is 5.91 Å². The molecule has 2 aromatic rings. The van der Waals surface area contributed by atoms with Crippen molar-refractivity contribution in [1.29, 1.82) is 0 Å². The highest BCUT2D eigenvalue weighted by Crippen LogP contribution is 2.36.